The molecule has 0 N–H and O–H groups in total. The van der Waals surface area contributed by atoms with Crippen molar-refractivity contribution in [3.8, 4) is 0 Å². The fourth-order valence-corrected chi connectivity index (χ4v) is 1.98. The number of methoxy groups -OCH3 is 1. The van der Waals surface area contributed by atoms with Crippen LogP contribution in [0.2, 0.25) is 0 Å². The Labute approximate surface area is 131 Å². The van der Waals surface area contributed by atoms with Crippen molar-refractivity contribution in [2.75, 3.05) is 20.7 Å². The molecule has 21 heavy (non-hydrogen) atoms. The van der Waals surface area contributed by atoms with E-state index in [1.807, 2.05) is 0 Å². The van der Waals surface area contributed by atoms with Crippen LogP contribution in [0.3, 0.4) is 0 Å². The summed E-state index contributed by atoms with van der Waals surface area (Å²) in [5.74, 6) is -0.947. The number of esters is 1. The maximum absolute atomic E-state index is 13.5. The van der Waals surface area contributed by atoms with Gasteiger partial charge in [-0.05, 0) is 30.7 Å². The molecule has 0 aliphatic rings. The van der Waals surface area contributed by atoms with Gasteiger partial charge in [0, 0.05) is 36.1 Å². The Bertz CT molecular complexity index is 546. The number of hydrogen-bond acceptors (Lipinski definition) is 3. The summed E-state index contributed by atoms with van der Waals surface area (Å²) in [6.45, 7) is 0.430. The van der Waals surface area contributed by atoms with Crippen LogP contribution in [0, 0.1) is 5.82 Å². The average Bonchev–Trinajstić information content (AvgIpc) is 2.47. The molecule has 0 saturated heterocycles. The van der Waals surface area contributed by atoms with Crippen molar-refractivity contribution < 1.29 is 18.7 Å². The van der Waals surface area contributed by atoms with Crippen molar-refractivity contribution in [1.29, 1.82) is 0 Å². The molecular formula is C15H17BrFNO3. The summed E-state index contributed by atoms with van der Waals surface area (Å²) in [5.41, 5.74) is 0.334. The maximum Gasteiger partial charge on any atom is 0.305 e. The molecule has 0 spiro atoms. The lowest BCUT2D eigenvalue weighted by molar-refractivity contribution is -0.141. The molecule has 0 unspecified atom stereocenters. The third-order valence-electron chi connectivity index (χ3n) is 2.84. The van der Waals surface area contributed by atoms with Crippen molar-refractivity contribution >= 4 is 33.9 Å². The molecule has 0 aliphatic carbocycles. The lowest BCUT2D eigenvalue weighted by Crippen LogP contribution is -2.26. The molecule has 0 aliphatic heterocycles. The van der Waals surface area contributed by atoms with E-state index in [1.54, 1.807) is 19.2 Å². The predicted octanol–water partition coefficient (Wildman–Crippen LogP) is 3.01. The molecule has 0 atom stereocenters. The Morgan fingerprint density at radius 1 is 1.43 bits per heavy atom. The van der Waals surface area contributed by atoms with E-state index < -0.39 is 5.82 Å². The highest BCUT2D eigenvalue weighted by Gasteiger charge is 2.07. The standard InChI is InChI=1S/C15H17BrFNO3/c1-18(9-3-4-15(20)21-2)14(19)8-5-11-10-12(16)6-7-13(11)17/h5-8,10H,3-4,9H2,1-2H3/b8-5+. The Morgan fingerprint density at radius 2 is 2.14 bits per heavy atom. The molecule has 114 valence electrons. The Balaban J connectivity index is 2.53. The van der Waals surface area contributed by atoms with Crippen molar-refractivity contribution in [3.63, 3.8) is 0 Å². The van der Waals surface area contributed by atoms with Crippen LogP contribution < -0.4 is 0 Å². The van der Waals surface area contributed by atoms with Crippen molar-refractivity contribution in [1.82, 2.24) is 4.90 Å². The largest absolute Gasteiger partial charge is 0.469 e. The Hall–Kier alpha value is -1.69. The van der Waals surface area contributed by atoms with E-state index in [1.165, 1.54) is 30.2 Å². The number of amides is 1. The highest BCUT2D eigenvalue weighted by molar-refractivity contribution is 9.10. The zero-order valence-electron chi connectivity index (χ0n) is 11.9. The SMILES string of the molecule is COC(=O)CCCN(C)C(=O)/C=C/c1cc(Br)ccc1F. The van der Waals surface area contributed by atoms with Gasteiger partial charge < -0.3 is 9.64 Å². The molecule has 0 heterocycles. The number of nitrogens with zero attached hydrogens (tertiary/aromatic N) is 1. The molecule has 1 amide bonds. The summed E-state index contributed by atoms with van der Waals surface area (Å²) >= 11 is 3.25. The smallest absolute Gasteiger partial charge is 0.305 e. The number of benzene rings is 1. The molecule has 0 radical (unpaired) electrons. The van der Waals surface area contributed by atoms with Gasteiger partial charge in [0.25, 0.3) is 0 Å². The second-order valence-corrected chi connectivity index (χ2v) is 5.35. The van der Waals surface area contributed by atoms with E-state index in [0.717, 1.165) is 4.47 Å². The topological polar surface area (TPSA) is 46.6 Å². The van der Waals surface area contributed by atoms with E-state index in [0.29, 0.717) is 18.5 Å². The highest BCUT2D eigenvalue weighted by Crippen LogP contribution is 2.16. The lowest BCUT2D eigenvalue weighted by Gasteiger charge is -2.14. The monoisotopic (exact) mass is 357 g/mol. The molecule has 6 heteroatoms. The van der Waals surface area contributed by atoms with Gasteiger partial charge in [-0.15, -0.1) is 0 Å². The predicted molar refractivity (Wildman–Crippen MR) is 82.0 cm³/mol. The van der Waals surface area contributed by atoms with Crippen LogP contribution in [0.15, 0.2) is 28.7 Å². The van der Waals surface area contributed by atoms with Gasteiger partial charge in [-0.3, -0.25) is 9.59 Å². The van der Waals surface area contributed by atoms with Crippen LogP contribution in [-0.2, 0) is 14.3 Å². The average molecular weight is 358 g/mol. The molecule has 0 fully saturated rings. The minimum atomic E-state index is -0.393. The van der Waals surface area contributed by atoms with E-state index in [-0.39, 0.29) is 18.3 Å². The minimum Gasteiger partial charge on any atom is -0.469 e. The molecule has 4 nitrogen and oxygen atoms in total. The third kappa shape index (κ3) is 6.08. The summed E-state index contributed by atoms with van der Waals surface area (Å²) in [4.78, 5) is 24.3. The van der Waals surface area contributed by atoms with Gasteiger partial charge >= 0.3 is 5.97 Å². The van der Waals surface area contributed by atoms with Gasteiger partial charge in [0.05, 0.1) is 7.11 Å². The highest BCUT2D eigenvalue weighted by atomic mass is 79.9. The lowest BCUT2D eigenvalue weighted by atomic mass is 10.2. The van der Waals surface area contributed by atoms with Crippen molar-refractivity contribution in [2.45, 2.75) is 12.8 Å². The summed E-state index contributed by atoms with van der Waals surface area (Å²) in [7, 11) is 2.95. The van der Waals surface area contributed by atoms with Crippen molar-refractivity contribution in [3.05, 3.63) is 40.1 Å². The maximum atomic E-state index is 13.5. The van der Waals surface area contributed by atoms with Crippen LogP contribution in [0.1, 0.15) is 18.4 Å². The van der Waals surface area contributed by atoms with Gasteiger partial charge in [0.15, 0.2) is 0 Å². The van der Waals surface area contributed by atoms with E-state index in [9.17, 15) is 14.0 Å². The Morgan fingerprint density at radius 3 is 2.81 bits per heavy atom. The molecular weight excluding hydrogens is 341 g/mol. The second kappa shape index (κ2) is 8.56. The van der Waals surface area contributed by atoms with Crippen LogP contribution in [-0.4, -0.2) is 37.5 Å². The Kier molecular flexibility index (Phi) is 7.08. The fourth-order valence-electron chi connectivity index (χ4n) is 1.60. The fraction of sp³-hybridized carbons (Fsp3) is 0.333. The number of hydrogen-bond donors (Lipinski definition) is 0. The number of ether oxygens (including phenoxy) is 1. The first-order chi connectivity index (χ1) is 9.93. The zero-order valence-corrected chi connectivity index (χ0v) is 13.5. The van der Waals surface area contributed by atoms with Crippen LogP contribution in [0.4, 0.5) is 4.39 Å². The molecule has 1 aromatic rings. The third-order valence-corrected chi connectivity index (χ3v) is 3.34. The van der Waals surface area contributed by atoms with Gasteiger partial charge in [0.1, 0.15) is 5.82 Å². The molecule has 0 aromatic heterocycles. The summed E-state index contributed by atoms with van der Waals surface area (Å²) in [5, 5.41) is 0. The van der Waals surface area contributed by atoms with Gasteiger partial charge in [-0.2, -0.15) is 0 Å². The number of halogens is 2. The molecule has 1 rings (SSSR count). The van der Waals surface area contributed by atoms with Crippen LogP contribution >= 0.6 is 15.9 Å². The first-order valence-corrected chi connectivity index (χ1v) is 7.18. The van der Waals surface area contributed by atoms with Gasteiger partial charge in [-0.25, -0.2) is 4.39 Å². The van der Waals surface area contributed by atoms with Crippen molar-refractivity contribution in [2.24, 2.45) is 0 Å². The second-order valence-electron chi connectivity index (χ2n) is 4.44. The minimum absolute atomic E-state index is 0.251. The van der Waals surface area contributed by atoms with E-state index in [2.05, 4.69) is 20.7 Å². The number of likely N-dealkylation sites (N-methyl/N-ethyl adjacent to an activating group) is 1. The van der Waals surface area contributed by atoms with Crippen LogP contribution in [0.5, 0.6) is 0 Å². The number of carbonyl (C=O) groups is 2. The van der Waals surface area contributed by atoms with E-state index in [4.69, 9.17) is 0 Å². The zero-order chi connectivity index (χ0) is 15.8. The summed E-state index contributed by atoms with van der Waals surface area (Å²) in [6.07, 6.45) is 3.52. The summed E-state index contributed by atoms with van der Waals surface area (Å²) in [6, 6.07) is 4.51. The van der Waals surface area contributed by atoms with Gasteiger partial charge in [0.2, 0.25) is 5.91 Å². The van der Waals surface area contributed by atoms with E-state index >= 15 is 0 Å². The molecule has 0 bridgehead atoms. The normalized spacial score (nSPS) is 10.7. The number of rotatable bonds is 6. The first kappa shape index (κ1) is 17.4. The summed E-state index contributed by atoms with van der Waals surface area (Å²) < 4.78 is 18.8. The van der Waals surface area contributed by atoms with Crippen LogP contribution in [0.25, 0.3) is 6.08 Å². The molecule has 0 saturated carbocycles. The molecule has 1 aromatic carbocycles. The van der Waals surface area contributed by atoms with Gasteiger partial charge in [-0.1, -0.05) is 15.9 Å². The number of carbonyl (C=O) groups excluding carboxylic acids is 2. The quantitative estimate of drug-likeness (QED) is 0.580. The first-order valence-electron chi connectivity index (χ1n) is 6.39.